The molecule has 2 amide bonds. The highest BCUT2D eigenvalue weighted by Crippen LogP contribution is 2.32. The molecule has 0 radical (unpaired) electrons. The smallest absolute Gasteiger partial charge is 0.254 e. The molecular formula is C26H22ClN3O2. The molecule has 0 aliphatic carbocycles. The monoisotopic (exact) mass is 443 g/mol. The Labute approximate surface area is 192 Å². The topological polar surface area (TPSA) is 73.2 Å². The number of benzene rings is 3. The van der Waals surface area contributed by atoms with Gasteiger partial charge < -0.3 is 10.2 Å². The SMILES string of the molecule is N#CC(c1ccccc1)c1ccc(NC(=O)C2CCCN2C(=O)c2ccccc2)cc1Cl. The second-order valence-electron chi connectivity index (χ2n) is 7.72. The minimum Gasteiger partial charge on any atom is -0.327 e. The number of hydrogen-bond acceptors (Lipinski definition) is 3. The average Bonchev–Trinajstić information content (AvgIpc) is 3.32. The molecule has 3 aromatic rings. The second-order valence-corrected chi connectivity index (χ2v) is 8.13. The number of halogens is 1. The van der Waals surface area contributed by atoms with E-state index < -0.39 is 12.0 Å². The van der Waals surface area contributed by atoms with Crippen molar-refractivity contribution >= 4 is 29.1 Å². The number of hydrogen-bond donors (Lipinski definition) is 1. The highest BCUT2D eigenvalue weighted by molar-refractivity contribution is 6.31. The van der Waals surface area contributed by atoms with Crippen LogP contribution in [0.25, 0.3) is 0 Å². The van der Waals surface area contributed by atoms with Crippen molar-refractivity contribution in [1.29, 1.82) is 5.26 Å². The lowest BCUT2D eigenvalue weighted by molar-refractivity contribution is -0.119. The zero-order chi connectivity index (χ0) is 22.5. The summed E-state index contributed by atoms with van der Waals surface area (Å²) in [5.74, 6) is -0.880. The Morgan fingerprint density at radius 1 is 1.03 bits per heavy atom. The largest absolute Gasteiger partial charge is 0.327 e. The fourth-order valence-electron chi connectivity index (χ4n) is 4.06. The minimum absolute atomic E-state index is 0.142. The van der Waals surface area contributed by atoms with Crippen LogP contribution in [0.1, 0.15) is 40.2 Å². The van der Waals surface area contributed by atoms with E-state index in [1.165, 1.54) is 0 Å². The Bertz CT molecular complexity index is 1160. The molecule has 2 unspecified atom stereocenters. The summed E-state index contributed by atoms with van der Waals surface area (Å²) in [6.45, 7) is 0.548. The highest BCUT2D eigenvalue weighted by atomic mass is 35.5. The number of carbonyl (C=O) groups is 2. The van der Waals surface area contributed by atoms with Crippen LogP contribution in [-0.4, -0.2) is 29.3 Å². The van der Waals surface area contributed by atoms with E-state index in [2.05, 4.69) is 11.4 Å². The molecule has 1 fully saturated rings. The summed E-state index contributed by atoms with van der Waals surface area (Å²) in [7, 11) is 0. The minimum atomic E-state index is -0.530. The van der Waals surface area contributed by atoms with Gasteiger partial charge in [-0.1, -0.05) is 66.2 Å². The Balaban J connectivity index is 1.49. The molecule has 1 heterocycles. The maximum atomic E-state index is 13.0. The zero-order valence-electron chi connectivity index (χ0n) is 17.4. The maximum Gasteiger partial charge on any atom is 0.254 e. The van der Waals surface area contributed by atoms with Crippen LogP contribution in [0.15, 0.2) is 78.9 Å². The van der Waals surface area contributed by atoms with Gasteiger partial charge in [0.1, 0.15) is 6.04 Å². The lowest BCUT2D eigenvalue weighted by atomic mass is 9.92. The second kappa shape index (κ2) is 9.67. The van der Waals surface area contributed by atoms with E-state index in [1.54, 1.807) is 35.2 Å². The molecule has 0 bridgehead atoms. The van der Waals surface area contributed by atoms with Gasteiger partial charge in [0, 0.05) is 22.8 Å². The molecule has 5 nitrogen and oxygen atoms in total. The molecule has 3 aromatic carbocycles. The molecule has 6 heteroatoms. The lowest BCUT2D eigenvalue weighted by Crippen LogP contribution is -2.43. The number of rotatable bonds is 5. The fraction of sp³-hybridized carbons (Fsp3) is 0.192. The van der Waals surface area contributed by atoms with Crippen LogP contribution >= 0.6 is 11.6 Å². The molecule has 32 heavy (non-hydrogen) atoms. The van der Waals surface area contributed by atoms with Crippen LogP contribution in [0.4, 0.5) is 5.69 Å². The predicted molar refractivity (Wildman–Crippen MR) is 124 cm³/mol. The third kappa shape index (κ3) is 4.51. The molecule has 4 rings (SSSR count). The number of likely N-dealkylation sites (tertiary alicyclic amines) is 1. The van der Waals surface area contributed by atoms with Gasteiger partial charge in [-0.05, 0) is 48.2 Å². The van der Waals surface area contributed by atoms with E-state index in [0.29, 0.717) is 34.8 Å². The normalized spacial score (nSPS) is 16.2. The van der Waals surface area contributed by atoms with Gasteiger partial charge in [-0.15, -0.1) is 0 Å². The molecular weight excluding hydrogens is 422 g/mol. The van der Waals surface area contributed by atoms with Crippen molar-refractivity contribution in [3.8, 4) is 6.07 Å². The first-order valence-electron chi connectivity index (χ1n) is 10.5. The van der Waals surface area contributed by atoms with Crippen molar-refractivity contribution in [3.63, 3.8) is 0 Å². The van der Waals surface area contributed by atoms with Crippen molar-refractivity contribution in [2.24, 2.45) is 0 Å². The Morgan fingerprint density at radius 2 is 1.72 bits per heavy atom. The van der Waals surface area contributed by atoms with E-state index in [1.807, 2.05) is 48.5 Å². The van der Waals surface area contributed by atoms with E-state index in [9.17, 15) is 14.9 Å². The maximum absolute atomic E-state index is 13.0. The summed E-state index contributed by atoms with van der Waals surface area (Å²) < 4.78 is 0. The molecule has 0 saturated carbocycles. The van der Waals surface area contributed by atoms with Crippen molar-refractivity contribution in [2.75, 3.05) is 11.9 Å². The molecule has 2 atom stereocenters. The molecule has 1 saturated heterocycles. The van der Waals surface area contributed by atoms with Gasteiger partial charge in [-0.2, -0.15) is 5.26 Å². The Kier molecular flexibility index (Phi) is 6.53. The standard InChI is InChI=1S/C26H22ClN3O2/c27-23-16-20(13-14-21(23)22(17-28)18-8-3-1-4-9-18)29-25(31)24-12-7-15-30(24)26(32)19-10-5-2-6-11-19/h1-6,8-11,13-14,16,22,24H,7,12,15H2,(H,29,31). The van der Waals surface area contributed by atoms with Crippen molar-refractivity contribution in [3.05, 3.63) is 101 Å². The number of amides is 2. The lowest BCUT2D eigenvalue weighted by Gasteiger charge is -2.24. The summed E-state index contributed by atoms with van der Waals surface area (Å²) in [6.07, 6.45) is 1.39. The fourth-order valence-corrected chi connectivity index (χ4v) is 4.35. The number of carbonyl (C=O) groups excluding carboxylic acids is 2. The summed E-state index contributed by atoms with van der Waals surface area (Å²) in [5, 5.41) is 13.0. The van der Waals surface area contributed by atoms with Crippen LogP contribution < -0.4 is 5.32 Å². The number of anilines is 1. The van der Waals surface area contributed by atoms with Crippen LogP contribution in [0.2, 0.25) is 5.02 Å². The molecule has 0 spiro atoms. The first-order chi connectivity index (χ1) is 15.6. The van der Waals surface area contributed by atoms with Crippen LogP contribution in [0.3, 0.4) is 0 Å². The summed E-state index contributed by atoms with van der Waals surface area (Å²) in [4.78, 5) is 27.4. The Morgan fingerprint density at radius 3 is 2.38 bits per heavy atom. The van der Waals surface area contributed by atoms with Gasteiger partial charge in [-0.3, -0.25) is 9.59 Å². The van der Waals surface area contributed by atoms with Crippen molar-refractivity contribution < 1.29 is 9.59 Å². The van der Waals surface area contributed by atoms with E-state index >= 15 is 0 Å². The number of nitrogens with zero attached hydrogens (tertiary/aromatic N) is 2. The Hall–Kier alpha value is -3.62. The third-order valence-corrected chi connectivity index (χ3v) is 6.01. The van der Waals surface area contributed by atoms with Gasteiger partial charge in [0.2, 0.25) is 5.91 Å². The highest BCUT2D eigenvalue weighted by Gasteiger charge is 2.34. The molecule has 1 aliphatic rings. The van der Waals surface area contributed by atoms with E-state index in [-0.39, 0.29) is 11.8 Å². The van der Waals surface area contributed by atoms with Gasteiger partial charge >= 0.3 is 0 Å². The molecule has 1 N–H and O–H groups in total. The van der Waals surface area contributed by atoms with Crippen molar-refractivity contribution in [2.45, 2.75) is 24.8 Å². The van der Waals surface area contributed by atoms with Crippen LogP contribution in [0.5, 0.6) is 0 Å². The van der Waals surface area contributed by atoms with E-state index in [0.717, 1.165) is 12.0 Å². The summed E-state index contributed by atoms with van der Waals surface area (Å²) in [6, 6.07) is 25.3. The van der Waals surface area contributed by atoms with Crippen molar-refractivity contribution in [1.82, 2.24) is 4.90 Å². The molecule has 0 aromatic heterocycles. The average molecular weight is 444 g/mol. The first kappa shape index (κ1) is 21.6. The quantitative estimate of drug-likeness (QED) is 0.586. The number of nitrogens with one attached hydrogen (secondary N) is 1. The molecule has 1 aliphatic heterocycles. The predicted octanol–water partition coefficient (Wildman–Crippen LogP) is 5.24. The van der Waals surface area contributed by atoms with Crippen LogP contribution in [0, 0.1) is 11.3 Å². The van der Waals surface area contributed by atoms with Crippen LogP contribution in [-0.2, 0) is 4.79 Å². The molecule has 160 valence electrons. The van der Waals surface area contributed by atoms with Gasteiger partial charge in [0.25, 0.3) is 5.91 Å². The van der Waals surface area contributed by atoms with Gasteiger partial charge in [0.05, 0.1) is 12.0 Å². The van der Waals surface area contributed by atoms with E-state index in [4.69, 9.17) is 11.6 Å². The zero-order valence-corrected chi connectivity index (χ0v) is 18.1. The van der Waals surface area contributed by atoms with Gasteiger partial charge in [-0.25, -0.2) is 0 Å². The summed E-state index contributed by atoms with van der Waals surface area (Å²) >= 11 is 6.49. The number of nitriles is 1. The first-order valence-corrected chi connectivity index (χ1v) is 10.9. The summed E-state index contributed by atoms with van der Waals surface area (Å²) in [5.41, 5.74) is 2.64. The van der Waals surface area contributed by atoms with Gasteiger partial charge in [0.15, 0.2) is 0 Å². The third-order valence-electron chi connectivity index (χ3n) is 5.68.